The molecule has 0 N–H and O–H groups in total. The van der Waals surface area contributed by atoms with Crippen LogP contribution in [0.15, 0.2) is 0 Å². The third kappa shape index (κ3) is 71.9. The van der Waals surface area contributed by atoms with Crippen molar-refractivity contribution in [3.05, 3.63) is 0 Å². The Labute approximate surface area is 226 Å². The van der Waals surface area contributed by atoms with Crippen molar-refractivity contribution in [1.82, 2.24) is 0 Å². The van der Waals surface area contributed by atoms with Crippen molar-refractivity contribution < 1.29 is 20.4 Å². The summed E-state index contributed by atoms with van der Waals surface area (Å²) in [5, 5.41) is 41.6. The molecule has 0 bridgehead atoms. The number of hydrogen-bond donors (Lipinski definition) is 0. The Kier molecular flexibility index (Phi) is 52.7. The molecule has 0 spiro atoms. The van der Waals surface area contributed by atoms with Gasteiger partial charge in [0.2, 0.25) is 0 Å². The van der Waals surface area contributed by atoms with Gasteiger partial charge in [-0.2, -0.15) is 0 Å². The fourth-order valence-electron chi connectivity index (χ4n) is 2.73. The smallest absolute Gasteiger partial charge is 0.852 e. The third-order valence-electron chi connectivity index (χ3n) is 4.86. The Morgan fingerprint density at radius 3 is 0.606 bits per heavy atom. The van der Waals surface area contributed by atoms with Crippen LogP contribution in [-0.2, 0) is 0 Å². The summed E-state index contributed by atoms with van der Waals surface area (Å²) in [7, 11) is 0. The van der Waals surface area contributed by atoms with Crippen LogP contribution in [0.25, 0.3) is 0 Å². The molecule has 0 amide bonds. The molecule has 200 valence electrons. The van der Waals surface area contributed by atoms with Crippen LogP contribution in [0, 0.1) is 0 Å². The van der Waals surface area contributed by atoms with E-state index >= 15 is 0 Å². The standard InChI is InChI=1S/4C7H15O.Sn/c4*1-3-4-5-6-7(2)8;/h4*7H,3-6H2,1-2H3;/q4*-1;+4. The summed E-state index contributed by atoms with van der Waals surface area (Å²) in [6, 6.07) is 0. The molecule has 4 atom stereocenters. The predicted octanol–water partition coefficient (Wildman–Crippen LogP) is 4.88. The maximum atomic E-state index is 10.4. The molecular weight excluding hydrogens is 519 g/mol. The molecule has 0 aromatic carbocycles. The zero-order valence-corrected chi connectivity index (χ0v) is 26.6. The summed E-state index contributed by atoms with van der Waals surface area (Å²) in [4.78, 5) is 0. The summed E-state index contributed by atoms with van der Waals surface area (Å²) in [6.45, 7) is 15.5. The third-order valence-corrected chi connectivity index (χ3v) is 4.86. The molecule has 0 aliphatic carbocycles. The second-order valence-electron chi connectivity index (χ2n) is 9.23. The Morgan fingerprint density at radius 2 is 0.515 bits per heavy atom. The van der Waals surface area contributed by atoms with Crippen molar-refractivity contribution in [1.29, 1.82) is 0 Å². The second-order valence-corrected chi connectivity index (χ2v) is 9.23. The first-order valence-corrected chi connectivity index (χ1v) is 13.7. The van der Waals surface area contributed by atoms with E-state index in [4.69, 9.17) is 0 Å². The molecule has 0 heterocycles. The van der Waals surface area contributed by atoms with Gasteiger partial charge in [0, 0.05) is 0 Å². The Balaban J connectivity index is -0.000000105. The van der Waals surface area contributed by atoms with Crippen molar-refractivity contribution in [2.45, 2.75) is 183 Å². The molecule has 0 saturated carbocycles. The molecule has 33 heavy (non-hydrogen) atoms. The van der Waals surface area contributed by atoms with Crippen LogP contribution in [0.1, 0.15) is 158 Å². The topological polar surface area (TPSA) is 92.2 Å². The summed E-state index contributed by atoms with van der Waals surface area (Å²) in [6.07, 6.45) is 16.2. The van der Waals surface area contributed by atoms with E-state index in [1.807, 2.05) is 0 Å². The first kappa shape index (κ1) is 43.7. The van der Waals surface area contributed by atoms with E-state index in [-0.39, 0.29) is 48.3 Å². The van der Waals surface area contributed by atoms with E-state index in [1.54, 1.807) is 27.7 Å². The van der Waals surface area contributed by atoms with Crippen LogP contribution in [0.4, 0.5) is 0 Å². The molecule has 4 unspecified atom stereocenters. The minimum Gasteiger partial charge on any atom is -0.852 e. The SMILES string of the molecule is CCCCCC(C)[O-].CCCCCC(C)[O-].CCCCCC(C)[O-].CCCCCC(C)[O-].[Sn+4]. The van der Waals surface area contributed by atoms with Gasteiger partial charge in [-0.05, 0) is 0 Å². The van der Waals surface area contributed by atoms with Gasteiger partial charge < -0.3 is 20.4 Å². The van der Waals surface area contributed by atoms with Gasteiger partial charge in [0.25, 0.3) is 0 Å². The molecule has 0 aromatic rings. The van der Waals surface area contributed by atoms with Crippen LogP contribution in [0.3, 0.4) is 0 Å². The zero-order chi connectivity index (χ0) is 25.6. The second kappa shape index (κ2) is 39.8. The van der Waals surface area contributed by atoms with Gasteiger partial charge in [-0.15, -0.1) is 24.4 Å². The summed E-state index contributed by atoms with van der Waals surface area (Å²) in [5.74, 6) is 0. The van der Waals surface area contributed by atoms with Crippen LogP contribution < -0.4 is 20.4 Å². The largest absolute Gasteiger partial charge is 4.00 e. The van der Waals surface area contributed by atoms with Crippen molar-refractivity contribution in [2.75, 3.05) is 0 Å². The molecule has 0 aromatic heterocycles. The van der Waals surface area contributed by atoms with E-state index in [2.05, 4.69) is 27.7 Å². The van der Waals surface area contributed by atoms with E-state index in [9.17, 15) is 20.4 Å². The van der Waals surface area contributed by atoms with Crippen LogP contribution in [-0.4, -0.2) is 48.3 Å². The van der Waals surface area contributed by atoms with Crippen molar-refractivity contribution >= 4 is 23.9 Å². The van der Waals surface area contributed by atoms with E-state index in [0.29, 0.717) is 0 Å². The Morgan fingerprint density at radius 1 is 0.364 bits per heavy atom. The van der Waals surface area contributed by atoms with Gasteiger partial charge in [0.05, 0.1) is 0 Å². The van der Waals surface area contributed by atoms with E-state index in [1.165, 1.54) is 51.4 Å². The molecule has 0 radical (unpaired) electrons. The maximum absolute atomic E-state index is 10.4. The van der Waals surface area contributed by atoms with E-state index < -0.39 is 0 Å². The molecular formula is C28H60O4Sn. The van der Waals surface area contributed by atoms with E-state index in [0.717, 1.165) is 51.4 Å². The van der Waals surface area contributed by atoms with Crippen LogP contribution >= 0.6 is 0 Å². The number of rotatable bonds is 16. The predicted molar refractivity (Wildman–Crippen MR) is 140 cm³/mol. The quantitative estimate of drug-likeness (QED) is 0.193. The van der Waals surface area contributed by atoms with Gasteiger partial charge in [-0.3, -0.25) is 0 Å². The van der Waals surface area contributed by atoms with Gasteiger partial charge in [0.1, 0.15) is 0 Å². The normalized spacial score (nSPS) is 13.5. The van der Waals surface area contributed by atoms with Crippen molar-refractivity contribution in [2.24, 2.45) is 0 Å². The van der Waals surface area contributed by atoms with Gasteiger partial charge in [-0.25, -0.2) is 0 Å². The summed E-state index contributed by atoms with van der Waals surface area (Å²) in [5.41, 5.74) is 0. The molecule has 4 nitrogen and oxygen atoms in total. The summed E-state index contributed by atoms with van der Waals surface area (Å²) < 4.78 is 0. The molecule has 0 fully saturated rings. The Bertz CT molecular complexity index is 229. The fraction of sp³-hybridized carbons (Fsp3) is 1.00. The number of hydrogen-bond acceptors (Lipinski definition) is 4. The fourth-order valence-corrected chi connectivity index (χ4v) is 2.73. The van der Waals surface area contributed by atoms with Crippen molar-refractivity contribution in [3.63, 3.8) is 0 Å². The first-order chi connectivity index (χ1) is 15.1. The number of unbranched alkanes of at least 4 members (excludes halogenated alkanes) is 8. The molecule has 5 heteroatoms. The minimum absolute atomic E-state index is 0. The summed E-state index contributed by atoms with van der Waals surface area (Å²) >= 11 is 0. The molecule has 0 aliphatic rings. The Hall–Kier alpha value is 0.639. The average molecular weight is 579 g/mol. The van der Waals surface area contributed by atoms with Gasteiger partial charge in [-0.1, -0.05) is 158 Å². The van der Waals surface area contributed by atoms with Gasteiger partial charge >= 0.3 is 23.9 Å². The van der Waals surface area contributed by atoms with Crippen LogP contribution in [0.2, 0.25) is 0 Å². The maximum Gasteiger partial charge on any atom is 4.00 e. The zero-order valence-electron chi connectivity index (χ0n) is 23.8. The monoisotopic (exact) mass is 580 g/mol. The van der Waals surface area contributed by atoms with Gasteiger partial charge in [0.15, 0.2) is 0 Å². The molecule has 0 saturated heterocycles. The van der Waals surface area contributed by atoms with Crippen molar-refractivity contribution in [3.8, 4) is 0 Å². The molecule has 0 rings (SSSR count). The molecule has 0 aliphatic heterocycles. The first-order valence-electron chi connectivity index (χ1n) is 13.7. The van der Waals surface area contributed by atoms with Crippen LogP contribution in [0.5, 0.6) is 0 Å². The minimum atomic E-state index is -0.346. The average Bonchev–Trinajstić information content (AvgIpc) is 2.69.